The van der Waals surface area contributed by atoms with Gasteiger partial charge in [0, 0.05) is 24.0 Å². The Morgan fingerprint density at radius 1 is 0.875 bits per heavy atom. The fourth-order valence-electron chi connectivity index (χ4n) is 6.21. The maximum absolute atomic E-state index is 14.9. The summed E-state index contributed by atoms with van der Waals surface area (Å²) < 4.78 is 29.1. The van der Waals surface area contributed by atoms with Crippen LogP contribution in [0.1, 0.15) is 72.1 Å². The van der Waals surface area contributed by atoms with Crippen LogP contribution in [-0.2, 0) is 4.79 Å². The molecule has 1 saturated heterocycles. The zero-order valence-electron chi connectivity index (χ0n) is 23.3. The number of anilines is 2. The van der Waals surface area contributed by atoms with Gasteiger partial charge in [0.15, 0.2) is 0 Å². The molecule has 1 heterocycles. The lowest BCUT2D eigenvalue weighted by molar-refractivity contribution is -0.123. The summed E-state index contributed by atoms with van der Waals surface area (Å²) >= 11 is 0. The Balaban J connectivity index is 1.46. The van der Waals surface area contributed by atoms with E-state index in [2.05, 4.69) is 17.6 Å². The van der Waals surface area contributed by atoms with E-state index in [4.69, 9.17) is 0 Å². The van der Waals surface area contributed by atoms with Gasteiger partial charge >= 0.3 is 0 Å². The normalized spacial score (nSPS) is 22.7. The predicted octanol–water partition coefficient (Wildman–Crippen LogP) is 7.41. The van der Waals surface area contributed by atoms with E-state index in [1.807, 2.05) is 24.3 Å². The number of nitrogens with one attached hydrogen (secondary N) is 2. The van der Waals surface area contributed by atoms with E-state index < -0.39 is 29.5 Å². The number of nitrogens with zero attached hydrogens (tertiary/aromatic N) is 1. The summed E-state index contributed by atoms with van der Waals surface area (Å²) in [4.78, 5) is 29.1. The van der Waals surface area contributed by atoms with E-state index in [1.165, 1.54) is 18.6 Å². The molecular weight excluding hydrogens is 508 g/mol. The third-order valence-electron chi connectivity index (χ3n) is 8.42. The Bertz CT molecular complexity index is 1370. The van der Waals surface area contributed by atoms with Crippen molar-refractivity contribution in [3.63, 3.8) is 0 Å². The minimum atomic E-state index is -0.601. The molecule has 1 saturated carbocycles. The average Bonchev–Trinajstić information content (AvgIpc) is 3.34. The number of hydrogen-bond acceptors (Lipinski definition) is 3. The van der Waals surface area contributed by atoms with Gasteiger partial charge in [-0.1, -0.05) is 37.3 Å². The van der Waals surface area contributed by atoms with Gasteiger partial charge in [0.1, 0.15) is 11.6 Å². The summed E-state index contributed by atoms with van der Waals surface area (Å²) in [7, 11) is 0. The maximum atomic E-state index is 14.9. The topological polar surface area (TPSA) is 61.4 Å². The Labute approximate surface area is 235 Å². The van der Waals surface area contributed by atoms with Crippen LogP contribution >= 0.6 is 0 Å². The highest BCUT2D eigenvalue weighted by atomic mass is 19.1. The third-order valence-corrected chi connectivity index (χ3v) is 8.42. The van der Waals surface area contributed by atoms with Crippen molar-refractivity contribution in [2.45, 2.75) is 65.0 Å². The van der Waals surface area contributed by atoms with Crippen molar-refractivity contribution in [2.75, 3.05) is 17.2 Å². The number of halogens is 2. The van der Waals surface area contributed by atoms with E-state index in [9.17, 15) is 18.4 Å². The van der Waals surface area contributed by atoms with Gasteiger partial charge in [-0.05, 0) is 98.9 Å². The molecule has 210 valence electrons. The zero-order chi connectivity index (χ0) is 28.4. The van der Waals surface area contributed by atoms with Crippen molar-refractivity contribution < 1.29 is 18.4 Å². The highest BCUT2D eigenvalue weighted by Crippen LogP contribution is 2.39. The third kappa shape index (κ3) is 5.88. The molecule has 1 aliphatic carbocycles. The molecule has 0 aromatic heterocycles. The average molecular weight is 546 g/mol. The number of carbonyl (C=O) groups is 2. The molecule has 5 nitrogen and oxygen atoms in total. The summed E-state index contributed by atoms with van der Waals surface area (Å²) in [6, 6.07) is 16.9. The molecular formula is C33H37F2N3O2. The van der Waals surface area contributed by atoms with E-state index in [0.717, 1.165) is 24.1 Å². The van der Waals surface area contributed by atoms with Crippen LogP contribution in [0.15, 0.2) is 60.7 Å². The molecule has 1 aliphatic heterocycles. The van der Waals surface area contributed by atoms with Crippen molar-refractivity contribution >= 4 is 23.2 Å². The van der Waals surface area contributed by atoms with E-state index >= 15 is 0 Å². The van der Waals surface area contributed by atoms with E-state index in [-0.39, 0.29) is 11.5 Å². The molecule has 7 heteroatoms. The van der Waals surface area contributed by atoms with Gasteiger partial charge in [-0.2, -0.15) is 0 Å². The predicted molar refractivity (Wildman–Crippen MR) is 154 cm³/mol. The Morgan fingerprint density at radius 3 is 2.30 bits per heavy atom. The summed E-state index contributed by atoms with van der Waals surface area (Å²) in [5.41, 5.74) is 3.25. The molecule has 2 fully saturated rings. The monoisotopic (exact) mass is 545 g/mol. The Morgan fingerprint density at radius 2 is 1.62 bits per heavy atom. The summed E-state index contributed by atoms with van der Waals surface area (Å²) in [5, 5.41) is 6.47. The lowest BCUT2D eigenvalue weighted by Gasteiger charge is -2.41. The summed E-state index contributed by atoms with van der Waals surface area (Å²) in [6.07, 6.45) is 4.63. The van der Waals surface area contributed by atoms with Gasteiger partial charge in [0.2, 0.25) is 5.91 Å². The minimum Gasteiger partial charge on any atom is -0.382 e. The SMILES string of the molecule is Cc1ccc(NC(=O)[C@H]2CCCN(C(=O)c3c(C)cccc3F)[C@H]2c2ccc(NC3CC[C@@H](C)C3)cc2)cc1F. The zero-order valence-corrected chi connectivity index (χ0v) is 23.3. The van der Waals surface area contributed by atoms with Crippen LogP contribution in [0.2, 0.25) is 0 Å². The number of amides is 2. The number of benzene rings is 3. The highest BCUT2D eigenvalue weighted by molar-refractivity contribution is 5.98. The number of rotatable bonds is 6. The van der Waals surface area contributed by atoms with Crippen LogP contribution in [0.25, 0.3) is 0 Å². The largest absolute Gasteiger partial charge is 0.382 e. The number of carbonyl (C=O) groups excluding carboxylic acids is 2. The quantitative estimate of drug-likeness (QED) is 0.339. The number of aryl methyl sites for hydroxylation is 2. The van der Waals surface area contributed by atoms with Crippen LogP contribution in [0.5, 0.6) is 0 Å². The maximum Gasteiger partial charge on any atom is 0.257 e. The van der Waals surface area contributed by atoms with Crippen molar-refractivity contribution in [1.82, 2.24) is 4.90 Å². The Kier molecular flexibility index (Phi) is 8.19. The molecule has 2 aliphatic rings. The fourth-order valence-corrected chi connectivity index (χ4v) is 6.21. The number of hydrogen-bond donors (Lipinski definition) is 2. The molecule has 2 N–H and O–H groups in total. The molecule has 5 rings (SSSR count). The standard InChI is InChI=1S/C33H37F2N3O2/c1-20-9-13-25(18-20)36-24-15-11-23(12-16-24)31-27(32(39)37-26-14-10-21(2)29(35)19-26)7-5-17-38(31)33(40)30-22(3)6-4-8-28(30)34/h4,6,8,10-12,14-16,19-20,25,27,31,36H,5,7,9,13,17-18H2,1-3H3,(H,37,39)/t20-,25?,27+,31+/m1/s1. The lowest BCUT2D eigenvalue weighted by Crippen LogP contribution is -2.46. The van der Waals surface area contributed by atoms with Crippen LogP contribution in [0.4, 0.5) is 20.2 Å². The lowest BCUT2D eigenvalue weighted by atomic mass is 9.83. The molecule has 3 aromatic carbocycles. The smallest absolute Gasteiger partial charge is 0.257 e. The van der Waals surface area contributed by atoms with Crippen LogP contribution in [0.3, 0.4) is 0 Å². The van der Waals surface area contributed by atoms with Crippen LogP contribution in [0, 0.1) is 37.3 Å². The molecule has 0 radical (unpaired) electrons. The number of likely N-dealkylation sites (tertiary alicyclic amines) is 1. The Hall–Kier alpha value is -3.74. The summed E-state index contributed by atoms with van der Waals surface area (Å²) in [6.45, 7) is 6.06. The minimum absolute atomic E-state index is 0.0304. The van der Waals surface area contributed by atoms with Crippen LogP contribution < -0.4 is 10.6 Å². The molecule has 40 heavy (non-hydrogen) atoms. The van der Waals surface area contributed by atoms with Gasteiger partial charge in [0.25, 0.3) is 5.91 Å². The van der Waals surface area contributed by atoms with Gasteiger partial charge < -0.3 is 15.5 Å². The van der Waals surface area contributed by atoms with Crippen molar-refractivity contribution in [2.24, 2.45) is 11.8 Å². The highest BCUT2D eigenvalue weighted by Gasteiger charge is 2.40. The van der Waals surface area contributed by atoms with Crippen molar-refractivity contribution in [3.8, 4) is 0 Å². The van der Waals surface area contributed by atoms with Gasteiger partial charge in [-0.15, -0.1) is 0 Å². The van der Waals surface area contributed by atoms with E-state index in [0.29, 0.717) is 48.2 Å². The van der Waals surface area contributed by atoms with Crippen molar-refractivity contribution in [1.29, 1.82) is 0 Å². The summed E-state index contributed by atoms with van der Waals surface area (Å²) in [5.74, 6) is -1.58. The second-order valence-corrected chi connectivity index (χ2v) is 11.5. The number of piperidine rings is 1. The second-order valence-electron chi connectivity index (χ2n) is 11.5. The first-order chi connectivity index (χ1) is 19.2. The first-order valence-corrected chi connectivity index (χ1v) is 14.2. The van der Waals surface area contributed by atoms with Gasteiger partial charge in [-0.25, -0.2) is 8.78 Å². The van der Waals surface area contributed by atoms with Gasteiger partial charge in [0.05, 0.1) is 17.5 Å². The molecule has 4 atom stereocenters. The second kappa shape index (κ2) is 11.8. The van der Waals surface area contributed by atoms with Crippen LogP contribution in [-0.4, -0.2) is 29.3 Å². The molecule has 1 unspecified atom stereocenters. The van der Waals surface area contributed by atoms with E-state index in [1.54, 1.807) is 43.0 Å². The molecule has 0 spiro atoms. The first-order valence-electron chi connectivity index (χ1n) is 14.2. The van der Waals surface area contributed by atoms with Crippen molar-refractivity contribution in [3.05, 3.63) is 94.6 Å². The molecule has 3 aromatic rings. The molecule has 2 amide bonds. The molecule has 0 bridgehead atoms. The van der Waals surface area contributed by atoms with Gasteiger partial charge in [-0.3, -0.25) is 9.59 Å². The fraction of sp³-hybridized carbons (Fsp3) is 0.394. The first kappa shape index (κ1) is 27.8.